The molecule has 1 aromatic carbocycles. The number of carbonyl (C=O) groups is 3. The zero-order valence-corrected chi connectivity index (χ0v) is 16.0. The zero-order chi connectivity index (χ0) is 22.0. The van der Waals surface area contributed by atoms with Crippen molar-refractivity contribution in [2.75, 3.05) is 11.9 Å². The van der Waals surface area contributed by atoms with E-state index in [2.05, 4.69) is 10.3 Å². The number of amides is 3. The number of primary amides is 1. The Balaban J connectivity index is 1.85. The van der Waals surface area contributed by atoms with Crippen LogP contribution in [0.15, 0.2) is 30.6 Å². The number of likely N-dealkylation sites (tertiary alicyclic amines) is 1. The summed E-state index contributed by atoms with van der Waals surface area (Å²) in [6, 6.07) is 2.13. The van der Waals surface area contributed by atoms with Crippen LogP contribution in [0.5, 0.6) is 0 Å². The Labute approximate surface area is 170 Å². The SMILES string of the molecule is C[C@@H]1CC[C@@H](c2cc(F)c(F)c(F)c2)N(C(=O)C(=O)Nc2cncc(C(N)=O)c2)C1. The Bertz CT molecular complexity index is 992. The lowest BCUT2D eigenvalue weighted by Crippen LogP contribution is -2.46. The molecule has 3 rings (SSSR count). The lowest BCUT2D eigenvalue weighted by atomic mass is 9.89. The molecule has 2 heterocycles. The third-order valence-corrected chi connectivity index (χ3v) is 4.94. The highest BCUT2D eigenvalue weighted by Crippen LogP contribution is 2.34. The van der Waals surface area contributed by atoms with Gasteiger partial charge in [-0.25, -0.2) is 13.2 Å². The molecular formula is C20H19F3N4O3. The van der Waals surface area contributed by atoms with E-state index >= 15 is 0 Å². The summed E-state index contributed by atoms with van der Waals surface area (Å²) in [6.07, 6.45) is 3.45. The van der Waals surface area contributed by atoms with Crippen molar-refractivity contribution in [3.8, 4) is 0 Å². The first-order chi connectivity index (χ1) is 14.2. The number of benzene rings is 1. The van der Waals surface area contributed by atoms with E-state index in [1.54, 1.807) is 0 Å². The summed E-state index contributed by atoms with van der Waals surface area (Å²) in [5, 5.41) is 2.34. The number of carbonyl (C=O) groups excluding carboxylic acids is 3. The number of halogens is 3. The summed E-state index contributed by atoms with van der Waals surface area (Å²) in [4.78, 5) is 41.6. The lowest BCUT2D eigenvalue weighted by Gasteiger charge is -2.38. The molecule has 0 saturated carbocycles. The van der Waals surface area contributed by atoms with E-state index in [-0.39, 0.29) is 29.3 Å². The van der Waals surface area contributed by atoms with Crippen LogP contribution in [0.1, 0.15) is 41.7 Å². The van der Waals surface area contributed by atoms with Crippen LogP contribution in [-0.4, -0.2) is 34.2 Å². The van der Waals surface area contributed by atoms with Crippen molar-refractivity contribution >= 4 is 23.4 Å². The average molecular weight is 420 g/mol. The van der Waals surface area contributed by atoms with Gasteiger partial charge in [-0.3, -0.25) is 19.4 Å². The van der Waals surface area contributed by atoms with Crippen LogP contribution >= 0.6 is 0 Å². The zero-order valence-electron chi connectivity index (χ0n) is 16.0. The maximum Gasteiger partial charge on any atom is 0.313 e. The second-order valence-electron chi connectivity index (χ2n) is 7.24. The molecule has 0 aliphatic carbocycles. The monoisotopic (exact) mass is 420 g/mol. The molecule has 0 radical (unpaired) electrons. The Morgan fingerprint density at radius 2 is 1.77 bits per heavy atom. The highest BCUT2D eigenvalue weighted by atomic mass is 19.2. The Morgan fingerprint density at radius 3 is 2.40 bits per heavy atom. The van der Waals surface area contributed by atoms with E-state index in [1.165, 1.54) is 23.4 Å². The van der Waals surface area contributed by atoms with E-state index in [9.17, 15) is 27.6 Å². The van der Waals surface area contributed by atoms with Crippen molar-refractivity contribution in [2.24, 2.45) is 11.7 Å². The van der Waals surface area contributed by atoms with Crippen LogP contribution in [0.2, 0.25) is 0 Å². The van der Waals surface area contributed by atoms with Crippen LogP contribution in [0.25, 0.3) is 0 Å². The van der Waals surface area contributed by atoms with E-state index in [4.69, 9.17) is 5.73 Å². The number of pyridine rings is 1. The third kappa shape index (κ3) is 4.42. The normalized spacial score (nSPS) is 18.7. The standard InChI is InChI=1S/C20H19F3N4O3/c1-10-2-3-16(11-5-14(21)17(23)15(22)6-11)27(9-10)20(30)19(29)26-13-4-12(18(24)28)7-25-8-13/h4-8,10,16H,2-3,9H2,1H3,(H2,24,28)(H,26,29)/t10-,16+/m1/s1. The van der Waals surface area contributed by atoms with Crippen LogP contribution in [0.4, 0.5) is 18.9 Å². The molecule has 30 heavy (non-hydrogen) atoms. The van der Waals surface area contributed by atoms with Gasteiger partial charge in [-0.05, 0) is 42.5 Å². The van der Waals surface area contributed by atoms with Gasteiger partial charge >= 0.3 is 11.8 Å². The molecule has 1 aliphatic heterocycles. The number of nitrogens with zero attached hydrogens (tertiary/aromatic N) is 2. The minimum absolute atomic E-state index is 0.0435. The van der Waals surface area contributed by atoms with Crippen LogP contribution in [0, 0.1) is 23.4 Å². The molecule has 158 valence electrons. The third-order valence-electron chi connectivity index (χ3n) is 4.94. The van der Waals surface area contributed by atoms with Crippen LogP contribution < -0.4 is 11.1 Å². The molecule has 10 heteroatoms. The minimum atomic E-state index is -1.60. The molecule has 1 saturated heterocycles. The number of aromatic nitrogens is 1. The van der Waals surface area contributed by atoms with Crippen molar-refractivity contribution < 1.29 is 27.6 Å². The summed E-state index contributed by atoms with van der Waals surface area (Å²) in [6.45, 7) is 2.05. The number of hydrogen-bond donors (Lipinski definition) is 2. The lowest BCUT2D eigenvalue weighted by molar-refractivity contribution is -0.146. The molecule has 0 unspecified atom stereocenters. The summed E-state index contributed by atoms with van der Waals surface area (Å²) >= 11 is 0. The van der Waals surface area contributed by atoms with Gasteiger partial charge in [0.05, 0.1) is 23.5 Å². The van der Waals surface area contributed by atoms with E-state index < -0.39 is 41.2 Å². The van der Waals surface area contributed by atoms with Crippen molar-refractivity contribution in [1.82, 2.24) is 9.88 Å². The molecule has 1 fully saturated rings. The molecule has 0 bridgehead atoms. The van der Waals surface area contributed by atoms with E-state index in [0.29, 0.717) is 12.8 Å². The van der Waals surface area contributed by atoms with Gasteiger partial charge in [-0.15, -0.1) is 0 Å². The maximum absolute atomic E-state index is 13.7. The average Bonchev–Trinajstić information content (AvgIpc) is 2.71. The quantitative estimate of drug-likeness (QED) is 0.588. The summed E-state index contributed by atoms with van der Waals surface area (Å²) < 4.78 is 40.7. The van der Waals surface area contributed by atoms with Gasteiger partial charge in [0.15, 0.2) is 17.5 Å². The van der Waals surface area contributed by atoms with Crippen LogP contribution in [-0.2, 0) is 9.59 Å². The van der Waals surface area contributed by atoms with Gasteiger partial charge in [0.2, 0.25) is 5.91 Å². The van der Waals surface area contributed by atoms with Crippen molar-refractivity contribution in [1.29, 1.82) is 0 Å². The molecule has 0 spiro atoms. The highest BCUT2D eigenvalue weighted by Gasteiger charge is 2.35. The first-order valence-electron chi connectivity index (χ1n) is 9.18. The number of nitrogens with two attached hydrogens (primary N) is 1. The van der Waals surface area contributed by atoms with Gasteiger partial charge < -0.3 is 16.0 Å². The first-order valence-corrected chi connectivity index (χ1v) is 9.18. The van der Waals surface area contributed by atoms with Crippen LogP contribution in [0.3, 0.4) is 0 Å². The number of rotatable bonds is 3. The second kappa shape index (κ2) is 8.52. The summed E-state index contributed by atoms with van der Waals surface area (Å²) in [5.74, 6) is -6.98. The predicted octanol–water partition coefficient (Wildman–Crippen LogP) is 2.54. The molecule has 3 amide bonds. The van der Waals surface area contributed by atoms with Gasteiger partial charge in [0.1, 0.15) is 0 Å². The van der Waals surface area contributed by atoms with Gasteiger partial charge in [0, 0.05) is 12.7 Å². The Hall–Kier alpha value is -3.43. The topological polar surface area (TPSA) is 105 Å². The molecule has 2 atom stereocenters. The largest absolute Gasteiger partial charge is 0.366 e. The Kier molecular flexibility index (Phi) is 6.04. The first kappa shape index (κ1) is 21.3. The number of hydrogen-bond acceptors (Lipinski definition) is 4. The molecule has 7 nitrogen and oxygen atoms in total. The van der Waals surface area contributed by atoms with E-state index in [0.717, 1.165) is 12.1 Å². The predicted molar refractivity (Wildman–Crippen MR) is 101 cm³/mol. The van der Waals surface area contributed by atoms with Crippen molar-refractivity contribution in [3.63, 3.8) is 0 Å². The number of nitrogens with one attached hydrogen (secondary N) is 1. The second-order valence-corrected chi connectivity index (χ2v) is 7.24. The fourth-order valence-electron chi connectivity index (χ4n) is 3.45. The van der Waals surface area contributed by atoms with Crippen molar-refractivity contribution in [2.45, 2.75) is 25.8 Å². The highest BCUT2D eigenvalue weighted by molar-refractivity contribution is 6.39. The summed E-state index contributed by atoms with van der Waals surface area (Å²) in [7, 11) is 0. The fraction of sp³-hybridized carbons (Fsp3) is 0.300. The smallest absolute Gasteiger partial charge is 0.313 e. The number of piperidine rings is 1. The minimum Gasteiger partial charge on any atom is -0.366 e. The number of anilines is 1. The van der Waals surface area contributed by atoms with Gasteiger partial charge in [0.25, 0.3) is 0 Å². The Morgan fingerprint density at radius 1 is 1.10 bits per heavy atom. The molecular weight excluding hydrogens is 401 g/mol. The molecule has 3 N–H and O–H groups in total. The molecule has 1 aliphatic rings. The van der Waals surface area contributed by atoms with Gasteiger partial charge in [-0.1, -0.05) is 6.92 Å². The molecule has 1 aromatic heterocycles. The van der Waals surface area contributed by atoms with E-state index in [1.807, 2.05) is 6.92 Å². The maximum atomic E-state index is 13.7. The van der Waals surface area contributed by atoms with Gasteiger partial charge in [-0.2, -0.15) is 0 Å². The molecule has 2 aromatic rings. The fourth-order valence-corrected chi connectivity index (χ4v) is 3.45. The van der Waals surface area contributed by atoms with Crippen molar-refractivity contribution in [3.05, 3.63) is 59.2 Å². The summed E-state index contributed by atoms with van der Waals surface area (Å²) in [5.41, 5.74) is 5.37.